The molecule has 0 fully saturated rings. The minimum absolute atomic E-state index is 0.325. The van der Waals surface area contributed by atoms with Crippen LogP contribution in [0.5, 0.6) is 0 Å². The van der Waals surface area contributed by atoms with Crippen LogP contribution in [0.4, 0.5) is 0 Å². The van der Waals surface area contributed by atoms with E-state index in [1.54, 1.807) is 6.07 Å². The third kappa shape index (κ3) is 8.26. The summed E-state index contributed by atoms with van der Waals surface area (Å²) in [7, 11) is 0. The zero-order valence-electron chi connectivity index (χ0n) is 19.0. The Labute approximate surface area is 218 Å². The number of ether oxygens (including phenoxy) is 1. The number of alkyl halides is 1. The van der Waals surface area contributed by atoms with E-state index in [1.807, 2.05) is 36.4 Å². The molecular weight excluding hydrogens is 498 g/mol. The van der Waals surface area contributed by atoms with E-state index in [0.29, 0.717) is 21.7 Å². The number of unbranched alkanes of at least 4 members (excludes halogenated alkanes) is 5. The molecule has 180 valence electrons. The molecule has 0 spiro atoms. The first kappa shape index (κ1) is 26.5. The first-order chi connectivity index (χ1) is 16.0. The highest BCUT2D eigenvalue weighted by Crippen LogP contribution is 2.33. The van der Waals surface area contributed by atoms with Crippen molar-refractivity contribution in [1.29, 1.82) is 0 Å². The van der Waals surface area contributed by atoms with Crippen LogP contribution in [0, 0.1) is 0 Å². The molecule has 3 rings (SSSR count). The van der Waals surface area contributed by atoms with Crippen molar-refractivity contribution in [3.05, 3.63) is 81.1 Å². The summed E-state index contributed by atoms with van der Waals surface area (Å²) in [5.74, 6) is 0. The topological polar surface area (TPSA) is 15.7 Å². The maximum absolute atomic E-state index is 6.98. The van der Waals surface area contributed by atoms with Gasteiger partial charge in [0.05, 0.1) is 13.3 Å². The molecule has 1 aliphatic heterocycles. The molecule has 0 saturated heterocycles. The fraction of sp³-hybridized carbons (Fsp3) is 0.462. The summed E-state index contributed by atoms with van der Waals surface area (Å²) in [6.07, 6.45) is 11.5. The predicted molar refractivity (Wildman–Crippen MR) is 141 cm³/mol. The largest absolute Gasteiger partial charge is 0.365 e. The molecule has 1 aliphatic rings. The molecule has 33 heavy (non-hydrogen) atoms. The summed E-state index contributed by atoms with van der Waals surface area (Å²) in [5.41, 5.74) is 1.45. The van der Waals surface area contributed by atoms with Crippen molar-refractivity contribution in [2.45, 2.75) is 63.7 Å². The third-order valence-electron chi connectivity index (χ3n) is 5.81. The quantitative estimate of drug-likeness (QED) is 0.146. The highest BCUT2D eigenvalue weighted by Gasteiger charge is 2.29. The second-order valence-electron chi connectivity index (χ2n) is 8.43. The van der Waals surface area contributed by atoms with Crippen molar-refractivity contribution >= 4 is 46.4 Å². The van der Waals surface area contributed by atoms with E-state index < -0.39 is 0 Å². The van der Waals surface area contributed by atoms with Gasteiger partial charge in [-0.2, -0.15) is 0 Å². The first-order valence-electron chi connectivity index (χ1n) is 11.6. The molecule has 0 saturated carbocycles. The van der Waals surface area contributed by atoms with Crippen LogP contribution in [-0.2, 0) is 11.3 Å². The van der Waals surface area contributed by atoms with Gasteiger partial charge in [-0.15, -0.1) is 0 Å². The van der Waals surface area contributed by atoms with E-state index in [9.17, 15) is 0 Å². The van der Waals surface area contributed by atoms with Crippen molar-refractivity contribution < 1.29 is 4.74 Å². The molecule has 0 bridgehead atoms. The number of hydrogen-bond acceptors (Lipinski definition) is 3. The number of rotatable bonds is 13. The van der Waals surface area contributed by atoms with Gasteiger partial charge in [-0.25, -0.2) is 0 Å². The monoisotopic (exact) mass is 528 g/mol. The van der Waals surface area contributed by atoms with E-state index in [1.165, 1.54) is 38.5 Å². The van der Waals surface area contributed by atoms with Crippen LogP contribution in [0.2, 0.25) is 15.1 Å². The fourth-order valence-electron chi connectivity index (χ4n) is 3.86. The molecule has 2 aromatic rings. The van der Waals surface area contributed by atoms with E-state index in [0.717, 1.165) is 24.3 Å². The summed E-state index contributed by atoms with van der Waals surface area (Å²) in [6, 6.07) is 13.0. The average molecular weight is 530 g/mol. The lowest BCUT2D eigenvalue weighted by molar-refractivity contribution is 0.00680. The van der Waals surface area contributed by atoms with Gasteiger partial charge in [-0.05, 0) is 41.8 Å². The molecule has 0 radical (unpaired) electrons. The van der Waals surface area contributed by atoms with Gasteiger partial charge in [-0.3, -0.25) is 0 Å². The summed E-state index contributed by atoms with van der Waals surface area (Å²) >= 11 is 25.5. The zero-order chi connectivity index (χ0) is 23.6. The van der Waals surface area contributed by atoms with Crippen LogP contribution >= 0.6 is 46.4 Å². The lowest BCUT2D eigenvalue weighted by atomic mass is 10.1. The van der Waals surface area contributed by atoms with Gasteiger partial charge >= 0.3 is 0 Å². The lowest BCUT2D eigenvalue weighted by Crippen LogP contribution is -2.35. The second kappa shape index (κ2) is 13.7. The standard InChI is InChI=1S/C26H32Cl4N2O/c1-2-3-4-5-6-7-14-31-15-16-32(19-31)26(30)25(20-8-11-22(27)12-9-20)33-18-21-10-13-23(28)17-24(21)29/h8-13,15-17,25-26H,2-7,14,18-19H2,1H3. The SMILES string of the molecule is CCCCCCCCN1C=CN(C(Cl)C(OCc2ccc(Cl)cc2Cl)c2ccc(Cl)cc2)C1. The Morgan fingerprint density at radius 1 is 0.879 bits per heavy atom. The molecule has 0 aliphatic carbocycles. The van der Waals surface area contributed by atoms with Gasteiger partial charge in [0.1, 0.15) is 11.6 Å². The Kier molecular flexibility index (Phi) is 11.0. The number of hydrogen-bond donors (Lipinski definition) is 0. The Bertz CT molecular complexity index is 890. The molecule has 3 nitrogen and oxygen atoms in total. The smallest absolute Gasteiger partial charge is 0.135 e. The summed E-state index contributed by atoms with van der Waals surface area (Å²) in [4.78, 5) is 4.42. The highest BCUT2D eigenvalue weighted by atomic mass is 35.5. The maximum Gasteiger partial charge on any atom is 0.135 e. The van der Waals surface area contributed by atoms with Gasteiger partial charge in [-0.1, -0.05) is 104 Å². The molecule has 0 N–H and O–H groups in total. The van der Waals surface area contributed by atoms with E-state index >= 15 is 0 Å². The Morgan fingerprint density at radius 3 is 2.30 bits per heavy atom. The van der Waals surface area contributed by atoms with Crippen LogP contribution in [0.3, 0.4) is 0 Å². The molecule has 1 heterocycles. The Morgan fingerprint density at radius 2 is 1.58 bits per heavy atom. The summed E-state index contributed by atoms with van der Waals surface area (Å²) < 4.78 is 6.32. The Balaban J connectivity index is 1.60. The van der Waals surface area contributed by atoms with Gasteiger partial charge in [0.15, 0.2) is 0 Å². The molecule has 7 heteroatoms. The van der Waals surface area contributed by atoms with Gasteiger partial charge < -0.3 is 14.5 Å². The van der Waals surface area contributed by atoms with Crippen LogP contribution in [0.15, 0.2) is 54.9 Å². The lowest BCUT2D eigenvalue weighted by Gasteiger charge is -2.31. The predicted octanol–water partition coefficient (Wildman–Crippen LogP) is 8.88. The average Bonchev–Trinajstić information content (AvgIpc) is 3.27. The van der Waals surface area contributed by atoms with Gasteiger partial charge in [0.2, 0.25) is 0 Å². The van der Waals surface area contributed by atoms with Crippen LogP contribution < -0.4 is 0 Å². The second-order valence-corrected chi connectivity index (χ2v) is 10.2. The van der Waals surface area contributed by atoms with Crippen molar-refractivity contribution in [3.63, 3.8) is 0 Å². The highest BCUT2D eigenvalue weighted by molar-refractivity contribution is 6.35. The molecule has 0 amide bonds. The van der Waals surface area contributed by atoms with Crippen molar-refractivity contribution in [3.8, 4) is 0 Å². The first-order valence-corrected chi connectivity index (χ1v) is 13.2. The van der Waals surface area contributed by atoms with Crippen molar-refractivity contribution in [2.75, 3.05) is 13.2 Å². The summed E-state index contributed by atoms with van der Waals surface area (Å²) in [5, 5.41) is 1.85. The molecule has 2 unspecified atom stereocenters. The van der Waals surface area contributed by atoms with Crippen LogP contribution in [0.1, 0.15) is 62.7 Å². The summed E-state index contributed by atoms with van der Waals surface area (Å²) in [6.45, 7) is 4.36. The maximum atomic E-state index is 6.98. The van der Waals surface area contributed by atoms with E-state index in [2.05, 4.69) is 29.1 Å². The van der Waals surface area contributed by atoms with E-state index in [-0.39, 0.29) is 11.6 Å². The molecule has 2 atom stereocenters. The fourth-order valence-corrected chi connectivity index (χ4v) is 4.80. The minimum atomic E-state index is -0.386. The number of halogens is 4. The van der Waals surface area contributed by atoms with E-state index in [4.69, 9.17) is 51.1 Å². The minimum Gasteiger partial charge on any atom is -0.365 e. The van der Waals surface area contributed by atoms with Crippen LogP contribution in [-0.4, -0.2) is 28.5 Å². The van der Waals surface area contributed by atoms with Gasteiger partial charge in [0.25, 0.3) is 0 Å². The van der Waals surface area contributed by atoms with Crippen molar-refractivity contribution in [1.82, 2.24) is 9.80 Å². The number of nitrogens with zero attached hydrogens (tertiary/aromatic N) is 2. The Hall–Kier alpha value is -1.10. The van der Waals surface area contributed by atoms with Gasteiger partial charge in [0, 0.05) is 34.0 Å². The van der Waals surface area contributed by atoms with Crippen LogP contribution in [0.25, 0.3) is 0 Å². The van der Waals surface area contributed by atoms with Crippen molar-refractivity contribution in [2.24, 2.45) is 0 Å². The molecule has 0 aromatic heterocycles. The normalized spacial score (nSPS) is 15.3. The molecule has 2 aromatic carbocycles. The number of benzene rings is 2. The third-order valence-corrected chi connectivity index (χ3v) is 7.13. The molecular formula is C26H32Cl4N2O. The zero-order valence-corrected chi connectivity index (χ0v) is 22.1.